The van der Waals surface area contributed by atoms with Crippen LogP contribution in [0.2, 0.25) is 0 Å². The van der Waals surface area contributed by atoms with E-state index in [1.54, 1.807) is 0 Å². The number of nitrogens with two attached hydrogens (primary N) is 1. The second-order valence-electron chi connectivity index (χ2n) is 2.48. The standard InChI is InChI=1S/C7H12N2O/c1-4(8)7-9-5(2)6(3)10-7/h4H,8H2,1-3H3. The van der Waals surface area contributed by atoms with E-state index in [1.807, 2.05) is 20.8 Å². The molecule has 0 spiro atoms. The van der Waals surface area contributed by atoms with Crippen LogP contribution in [0.1, 0.15) is 30.3 Å². The van der Waals surface area contributed by atoms with Gasteiger partial charge in [-0.05, 0) is 20.8 Å². The fraction of sp³-hybridized carbons (Fsp3) is 0.571. The minimum atomic E-state index is -0.104. The lowest BCUT2D eigenvalue weighted by Crippen LogP contribution is -2.04. The van der Waals surface area contributed by atoms with E-state index in [-0.39, 0.29) is 6.04 Å². The van der Waals surface area contributed by atoms with Crippen LogP contribution in [0, 0.1) is 13.8 Å². The van der Waals surface area contributed by atoms with Crippen molar-refractivity contribution in [2.75, 3.05) is 0 Å². The van der Waals surface area contributed by atoms with E-state index in [9.17, 15) is 0 Å². The van der Waals surface area contributed by atoms with E-state index in [4.69, 9.17) is 10.2 Å². The highest BCUT2D eigenvalue weighted by Gasteiger charge is 2.08. The van der Waals surface area contributed by atoms with Gasteiger partial charge in [0.2, 0.25) is 5.89 Å². The Morgan fingerprint density at radius 3 is 2.30 bits per heavy atom. The molecule has 0 aliphatic rings. The molecule has 3 nitrogen and oxygen atoms in total. The molecule has 10 heavy (non-hydrogen) atoms. The van der Waals surface area contributed by atoms with Gasteiger partial charge in [0, 0.05) is 0 Å². The molecular formula is C7H12N2O. The SMILES string of the molecule is Cc1nc(C(C)N)oc1C. The highest BCUT2D eigenvalue weighted by atomic mass is 16.4. The molecule has 1 unspecified atom stereocenters. The number of hydrogen-bond donors (Lipinski definition) is 1. The highest BCUT2D eigenvalue weighted by Crippen LogP contribution is 2.12. The number of aryl methyl sites for hydroxylation is 2. The molecule has 0 amide bonds. The van der Waals surface area contributed by atoms with Crippen LogP contribution in [0.15, 0.2) is 4.42 Å². The second-order valence-corrected chi connectivity index (χ2v) is 2.48. The number of oxazole rings is 1. The van der Waals surface area contributed by atoms with Gasteiger partial charge in [-0.1, -0.05) is 0 Å². The molecule has 0 aliphatic carbocycles. The van der Waals surface area contributed by atoms with Crippen molar-refractivity contribution in [3.05, 3.63) is 17.3 Å². The summed E-state index contributed by atoms with van der Waals surface area (Å²) in [5.74, 6) is 1.47. The van der Waals surface area contributed by atoms with Crippen LogP contribution in [0.4, 0.5) is 0 Å². The van der Waals surface area contributed by atoms with E-state index in [2.05, 4.69) is 4.98 Å². The maximum absolute atomic E-state index is 5.54. The Morgan fingerprint density at radius 2 is 2.10 bits per heavy atom. The summed E-state index contributed by atoms with van der Waals surface area (Å²) in [5, 5.41) is 0. The minimum Gasteiger partial charge on any atom is -0.444 e. The molecule has 1 rings (SSSR count). The highest BCUT2D eigenvalue weighted by molar-refractivity contribution is 5.06. The summed E-state index contributed by atoms with van der Waals surface area (Å²) in [6.07, 6.45) is 0. The van der Waals surface area contributed by atoms with Crippen molar-refractivity contribution in [1.82, 2.24) is 4.98 Å². The molecule has 0 saturated heterocycles. The lowest BCUT2D eigenvalue weighted by atomic mass is 10.4. The number of aromatic nitrogens is 1. The predicted molar refractivity (Wildman–Crippen MR) is 38.6 cm³/mol. The van der Waals surface area contributed by atoms with Gasteiger partial charge in [0.05, 0.1) is 11.7 Å². The molecule has 1 aromatic rings. The first-order valence-corrected chi connectivity index (χ1v) is 3.30. The molecule has 0 fully saturated rings. The zero-order valence-corrected chi connectivity index (χ0v) is 6.51. The molecule has 0 radical (unpaired) electrons. The van der Waals surface area contributed by atoms with Crippen LogP contribution in [-0.2, 0) is 0 Å². The fourth-order valence-corrected chi connectivity index (χ4v) is 0.692. The molecule has 56 valence electrons. The summed E-state index contributed by atoms with van der Waals surface area (Å²) < 4.78 is 5.24. The van der Waals surface area contributed by atoms with Crippen LogP contribution >= 0.6 is 0 Å². The molecule has 1 atom stereocenters. The predicted octanol–water partition coefficient (Wildman–Crippen LogP) is 1.31. The van der Waals surface area contributed by atoms with Crippen LogP contribution in [0.25, 0.3) is 0 Å². The van der Waals surface area contributed by atoms with Gasteiger partial charge in [0.25, 0.3) is 0 Å². The van der Waals surface area contributed by atoms with Gasteiger partial charge in [-0.15, -0.1) is 0 Å². The smallest absolute Gasteiger partial charge is 0.211 e. The largest absolute Gasteiger partial charge is 0.444 e. The molecule has 2 N–H and O–H groups in total. The lowest BCUT2D eigenvalue weighted by molar-refractivity contribution is 0.443. The maximum atomic E-state index is 5.54. The van der Waals surface area contributed by atoms with Gasteiger partial charge in [0.15, 0.2) is 0 Å². The summed E-state index contributed by atoms with van der Waals surface area (Å²) in [6, 6.07) is -0.104. The number of nitrogens with zero attached hydrogens (tertiary/aromatic N) is 1. The van der Waals surface area contributed by atoms with Gasteiger partial charge < -0.3 is 10.2 Å². The molecule has 0 bridgehead atoms. The zero-order chi connectivity index (χ0) is 7.72. The molecule has 0 saturated carbocycles. The average molecular weight is 140 g/mol. The first-order chi connectivity index (χ1) is 4.61. The van der Waals surface area contributed by atoms with Crippen molar-refractivity contribution in [2.24, 2.45) is 5.73 Å². The van der Waals surface area contributed by atoms with E-state index in [1.165, 1.54) is 0 Å². The minimum absolute atomic E-state index is 0.104. The quantitative estimate of drug-likeness (QED) is 0.639. The molecular weight excluding hydrogens is 128 g/mol. The van der Waals surface area contributed by atoms with Crippen LogP contribution < -0.4 is 5.73 Å². The van der Waals surface area contributed by atoms with Gasteiger partial charge in [-0.25, -0.2) is 4.98 Å². The Kier molecular flexibility index (Phi) is 1.76. The second kappa shape index (κ2) is 2.42. The number of hydrogen-bond acceptors (Lipinski definition) is 3. The van der Waals surface area contributed by atoms with Crippen LogP contribution in [0.3, 0.4) is 0 Å². The van der Waals surface area contributed by atoms with Crippen molar-refractivity contribution < 1.29 is 4.42 Å². The average Bonchev–Trinajstić information content (AvgIpc) is 2.13. The van der Waals surface area contributed by atoms with E-state index < -0.39 is 0 Å². The van der Waals surface area contributed by atoms with E-state index in [0.29, 0.717) is 5.89 Å². The summed E-state index contributed by atoms with van der Waals surface area (Å²) in [4.78, 5) is 4.12. The summed E-state index contributed by atoms with van der Waals surface area (Å²) in [6.45, 7) is 5.64. The summed E-state index contributed by atoms with van der Waals surface area (Å²) in [5.41, 5.74) is 6.46. The van der Waals surface area contributed by atoms with Crippen molar-refractivity contribution in [3.63, 3.8) is 0 Å². The maximum Gasteiger partial charge on any atom is 0.211 e. The third-order valence-electron chi connectivity index (χ3n) is 1.43. The van der Waals surface area contributed by atoms with Gasteiger partial charge in [-0.2, -0.15) is 0 Å². The normalized spacial score (nSPS) is 13.6. The monoisotopic (exact) mass is 140 g/mol. The molecule has 1 aromatic heterocycles. The Morgan fingerprint density at radius 1 is 1.50 bits per heavy atom. The summed E-state index contributed by atoms with van der Waals surface area (Å²) >= 11 is 0. The Hall–Kier alpha value is -0.830. The number of rotatable bonds is 1. The van der Waals surface area contributed by atoms with Crippen LogP contribution in [-0.4, -0.2) is 4.98 Å². The van der Waals surface area contributed by atoms with Gasteiger partial charge in [-0.3, -0.25) is 0 Å². The molecule has 0 aliphatic heterocycles. The van der Waals surface area contributed by atoms with Crippen molar-refractivity contribution in [3.8, 4) is 0 Å². The topological polar surface area (TPSA) is 52.0 Å². The third kappa shape index (κ3) is 1.19. The van der Waals surface area contributed by atoms with E-state index >= 15 is 0 Å². The first-order valence-electron chi connectivity index (χ1n) is 3.30. The fourth-order valence-electron chi connectivity index (χ4n) is 0.692. The summed E-state index contributed by atoms with van der Waals surface area (Å²) in [7, 11) is 0. The molecule has 3 heteroatoms. The van der Waals surface area contributed by atoms with Crippen LogP contribution in [0.5, 0.6) is 0 Å². The van der Waals surface area contributed by atoms with Gasteiger partial charge in [0.1, 0.15) is 5.76 Å². The van der Waals surface area contributed by atoms with Gasteiger partial charge >= 0.3 is 0 Å². The Labute approximate surface area is 60.2 Å². The first kappa shape index (κ1) is 7.28. The van der Waals surface area contributed by atoms with E-state index in [0.717, 1.165) is 11.5 Å². The third-order valence-corrected chi connectivity index (χ3v) is 1.43. The molecule has 1 heterocycles. The zero-order valence-electron chi connectivity index (χ0n) is 6.51. The molecule has 0 aromatic carbocycles. The van der Waals surface area contributed by atoms with Crippen molar-refractivity contribution in [1.29, 1.82) is 0 Å². The van der Waals surface area contributed by atoms with Crippen molar-refractivity contribution in [2.45, 2.75) is 26.8 Å². The van der Waals surface area contributed by atoms with Crippen molar-refractivity contribution >= 4 is 0 Å². The lowest BCUT2D eigenvalue weighted by Gasteiger charge is -1.94. The Balaban J connectivity index is 2.98. The Bertz CT molecular complexity index is 208.